The third-order valence-electron chi connectivity index (χ3n) is 4.83. The Labute approximate surface area is 187 Å². The number of likely N-dealkylation sites (N-methyl/N-ethyl adjacent to an activating group) is 1. The van der Waals surface area contributed by atoms with E-state index in [2.05, 4.69) is 10.3 Å². The van der Waals surface area contributed by atoms with Crippen LogP contribution in [0.3, 0.4) is 0 Å². The molecule has 0 saturated carbocycles. The number of nitrogen functional groups attached to an aromatic ring is 1. The smallest absolute Gasteiger partial charge is 0.330 e. The Morgan fingerprint density at radius 2 is 1.94 bits per heavy atom. The fourth-order valence-electron chi connectivity index (χ4n) is 3.25. The summed E-state index contributed by atoms with van der Waals surface area (Å²) in [7, 11) is 2.79. The van der Waals surface area contributed by atoms with E-state index in [9.17, 15) is 24.5 Å². The highest BCUT2D eigenvalue weighted by atomic mass is 16.6. The monoisotopic (exact) mass is 454 g/mol. The summed E-state index contributed by atoms with van der Waals surface area (Å²) in [4.78, 5) is 51.2. The first-order chi connectivity index (χ1) is 15.7. The van der Waals surface area contributed by atoms with Crippen LogP contribution < -0.4 is 31.9 Å². The van der Waals surface area contributed by atoms with Crippen molar-refractivity contribution in [3.8, 4) is 5.75 Å². The van der Waals surface area contributed by atoms with Gasteiger partial charge in [-0.2, -0.15) is 0 Å². The van der Waals surface area contributed by atoms with E-state index in [1.807, 2.05) is 30.3 Å². The number of carbonyl (C=O) groups is 1. The van der Waals surface area contributed by atoms with Crippen molar-refractivity contribution in [2.75, 3.05) is 36.7 Å². The molecule has 1 aromatic heterocycles. The Morgan fingerprint density at radius 3 is 2.58 bits per heavy atom. The molecule has 0 aliphatic heterocycles. The van der Waals surface area contributed by atoms with E-state index in [-0.39, 0.29) is 41.7 Å². The minimum absolute atomic E-state index is 0.0451. The Morgan fingerprint density at radius 1 is 1.24 bits per heavy atom. The van der Waals surface area contributed by atoms with E-state index in [1.54, 1.807) is 0 Å². The van der Waals surface area contributed by atoms with Crippen molar-refractivity contribution < 1.29 is 14.5 Å². The van der Waals surface area contributed by atoms with E-state index in [1.165, 1.54) is 41.8 Å². The lowest BCUT2D eigenvalue weighted by molar-refractivity contribution is -0.384. The predicted molar refractivity (Wildman–Crippen MR) is 123 cm³/mol. The van der Waals surface area contributed by atoms with Crippen molar-refractivity contribution in [1.82, 2.24) is 9.55 Å². The molecule has 33 heavy (non-hydrogen) atoms. The molecule has 1 heterocycles. The van der Waals surface area contributed by atoms with E-state index < -0.39 is 22.1 Å². The van der Waals surface area contributed by atoms with Gasteiger partial charge in [-0.05, 0) is 11.6 Å². The molecule has 0 aliphatic rings. The van der Waals surface area contributed by atoms with Gasteiger partial charge in [0.15, 0.2) is 0 Å². The molecule has 0 radical (unpaired) electrons. The van der Waals surface area contributed by atoms with Crippen molar-refractivity contribution in [2.24, 2.45) is 0 Å². The number of amides is 1. The minimum Gasteiger partial charge on any atom is -0.494 e. The number of nitro groups is 1. The van der Waals surface area contributed by atoms with Crippen LogP contribution in [0.2, 0.25) is 0 Å². The van der Waals surface area contributed by atoms with Gasteiger partial charge in [-0.15, -0.1) is 0 Å². The number of H-pyrrole nitrogens is 1. The average molecular weight is 454 g/mol. The van der Waals surface area contributed by atoms with Crippen molar-refractivity contribution in [3.05, 3.63) is 85.0 Å². The van der Waals surface area contributed by atoms with Crippen LogP contribution in [0.4, 0.5) is 22.9 Å². The van der Waals surface area contributed by atoms with Gasteiger partial charge >= 0.3 is 5.69 Å². The number of anilines is 3. The molecule has 0 spiro atoms. The number of ether oxygens (including phenoxy) is 1. The molecule has 12 nitrogen and oxygen atoms in total. The fourth-order valence-corrected chi connectivity index (χ4v) is 3.25. The fraction of sp³-hybridized carbons (Fsp3) is 0.190. The number of methoxy groups -OCH3 is 1. The Hall–Kier alpha value is -4.61. The minimum atomic E-state index is -0.731. The van der Waals surface area contributed by atoms with Crippen LogP contribution in [0.15, 0.2) is 58.1 Å². The molecule has 2 aromatic carbocycles. The van der Waals surface area contributed by atoms with Crippen LogP contribution in [-0.4, -0.2) is 41.1 Å². The van der Waals surface area contributed by atoms with E-state index in [0.717, 1.165) is 5.56 Å². The summed E-state index contributed by atoms with van der Waals surface area (Å²) >= 11 is 0. The lowest BCUT2D eigenvalue weighted by atomic mass is 10.2. The summed E-state index contributed by atoms with van der Waals surface area (Å²) in [6.45, 7) is -0.160. The van der Waals surface area contributed by atoms with Gasteiger partial charge in [-0.3, -0.25) is 29.3 Å². The quantitative estimate of drug-likeness (QED) is 0.337. The number of aromatic amines is 1. The van der Waals surface area contributed by atoms with Crippen molar-refractivity contribution >= 4 is 28.8 Å². The molecule has 4 N–H and O–H groups in total. The summed E-state index contributed by atoms with van der Waals surface area (Å²) in [5.41, 5.74) is 5.52. The molecule has 3 aromatic rings. The van der Waals surface area contributed by atoms with Gasteiger partial charge < -0.3 is 20.7 Å². The van der Waals surface area contributed by atoms with Crippen molar-refractivity contribution in [2.45, 2.75) is 6.54 Å². The van der Waals surface area contributed by atoms with Crippen molar-refractivity contribution in [3.63, 3.8) is 0 Å². The molecule has 3 rings (SSSR count). The molecular formula is C21H22N6O6. The summed E-state index contributed by atoms with van der Waals surface area (Å²) in [5, 5.41) is 13.5. The van der Waals surface area contributed by atoms with Gasteiger partial charge in [-0.25, -0.2) is 4.79 Å². The highest BCUT2D eigenvalue weighted by Gasteiger charge is 2.20. The summed E-state index contributed by atoms with van der Waals surface area (Å²) in [5.74, 6) is -0.519. The Kier molecular flexibility index (Phi) is 6.77. The lowest BCUT2D eigenvalue weighted by Crippen LogP contribution is -2.39. The van der Waals surface area contributed by atoms with Gasteiger partial charge in [0.2, 0.25) is 5.91 Å². The van der Waals surface area contributed by atoms with Crippen LogP contribution in [0.25, 0.3) is 0 Å². The molecule has 0 bridgehead atoms. The van der Waals surface area contributed by atoms with Gasteiger partial charge in [0, 0.05) is 13.1 Å². The zero-order chi connectivity index (χ0) is 24.1. The van der Waals surface area contributed by atoms with Crippen LogP contribution in [0.1, 0.15) is 5.56 Å². The molecule has 0 atom stereocenters. The summed E-state index contributed by atoms with van der Waals surface area (Å²) in [6.07, 6.45) is 0. The van der Waals surface area contributed by atoms with Crippen LogP contribution in [-0.2, 0) is 11.3 Å². The van der Waals surface area contributed by atoms with E-state index in [4.69, 9.17) is 10.5 Å². The number of benzene rings is 2. The van der Waals surface area contributed by atoms with Gasteiger partial charge in [0.25, 0.3) is 11.2 Å². The number of non-ortho nitro benzene ring substituents is 1. The second-order valence-electron chi connectivity index (χ2n) is 7.11. The molecular weight excluding hydrogens is 432 g/mol. The third-order valence-corrected chi connectivity index (χ3v) is 4.83. The van der Waals surface area contributed by atoms with Gasteiger partial charge in [0.05, 0.1) is 36.9 Å². The maximum atomic E-state index is 12.6. The first kappa shape index (κ1) is 23.1. The van der Waals surface area contributed by atoms with Gasteiger partial charge in [-0.1, -0.05) is 30.3 Å². The zero-order valence-electron chi connectivity index (χ0n) is 17.9. The number of aromatic nitrogens is 2. The SMILES string of the molecule is COc1cc([N+](=O)[O-])ccc1NC(=O)CN(C)c1c(N)n(Cc2ccccc2)c(=O)[nH]c1=O. The largest absolute Gasteiger partial charge is 0.494 e. The number of nitrogens with zero attached hydrogens (tertiary/aromatic N) is 3. The van der Waals surface area contributed by atoms with Crippen LogP contribution in [0.5, 0.6) is 5.75 Å². The average Bonchev–Trinajstić information content (AvgIpc) is 2.77. The topological polar surface area (TPSA) is 166 Å². The number of hydrogen-bond donors (Lipinski definition) is 3. The molecule has 0 unspecified atom stereocenters. The maximum absolute atomic E-state index is 12.6. The predicted octanol–water partition coefficient (Wildman–Crippen LogP) is 1.16. The highest BCUT2D eigenvalue weighted by Crippen LogP contribution is 2.29. The molecule has 172 valence electrons. The maximum Gasteiger partial charge on any atom is 0.330 e. The third kappa shape index (κ3) is 5.18. The number of hydrogen-bond acceptors (Lipinski definition) is 8. The molecule has 0 aliphatic carbocycles. The van der Waals surface area contributed by atoms with Crippen LogP contribution >= 0.6 is 0 Å². The molecule has 0 fully saturated rings. The first-order valence-electron chi connectivity index (χ1n) is 9.71. The molecule has 12 heteroatoms. The lowest BCUT2D eigenvalue weighted by Gasteiger charge is -2.21. The Bertz CT molecular complexity index is 1300. The summed E-state index contributed by atoms with van der Waals surface area (Å²) < 4.78 is 6.31. The number of nitrogens with two attached hydrogens (primary N) is 1. The normalized spacial score (nSPS) is 10.5. The second-order valence-corrected chi connectivity index (χ2v) is 7.11. The van der Waals surface area contributed by atoms with Crippen molar-refractivity contribution in [1.29, 1.82) is 0 Å². The Balaban J connectivity index is 1.83. The highest BCUT2D eigenvalue weighted by molar-refractivity contribution is 5.95. The molecule has 1 amide bonds. The van der Waals surface area contributed by atoms with E-state index >= 15 is 0 Å². The van der Waals surface area contributed by atoms with E-state index in [0.29, 0.717) is 0 Å². The standard InChI is InChI=1S/C21H22N6O6/c1-25(12-17(28)23-15-9-8-14(27(31)32)10-16(15)33-2)18-19(22)26(21(30)24-20(18)29)11-13-6-4-3-5-7-13/h3-10H,11-12,22H2,1-2H3,(H,23,28)(H,24,29,30). The number of nitrogens with one attached hydrogen (secondary N) is 2. The number of rotatable bonds is 8. The van der Waals surface area contributed by atoms with Crippen LogP contribution in [0, 0.1) is 10.1 Å². The number of carbonyl (C=O) groups excluding carboxylic acids is 1. The zero-order valence-corrected chi connectivity index (χ0v) is 17.9. The van der Waals surface area contributed by atoms with Gasteiger partial charge in [0.1, 0.15) is 17.3 Å². The second kappa shape index (κ2) is 9.68. The molecule has 0 saturated heterocycles. The number of nitro benzene ring substituents is 1. The summed E-state index contributed by atoms with van der Waals surface area (Å²) in [6, 6.07) is 12.8. The first-order valence-corrected chi connectivity index (χ1v) is 9.71.